The Labute approximate surface area is 85.5 Å². The van der Waals surface area contributed by atoms with Gasteiger partial charge in [0.2, 0.25) is 0 Å². The molecule has 0 aliphatic rings. The molecule has 2 heterocycles. The van der Waals surface area contributed by atoms with Crippen molar-refractivity contribution in [3.05, 3.63) is 36.8 Å². The van der Waals surface area contributed by atoms with Gasteiger partial charge >= 0.3 is 0 Å². The molecule has 0 fully saturated rings. The smallest absolute Gasteiger partial charge is 0.0896 e. The third-order valence-electron chi connectivity index (χ3n) is 2.34. The maximum absolute atomic E-state index is 5.93. The molecular weight excluding hydrogens is 190 g/mol. The van der Waals surface area contributed by atoms with Crippen molar-refractivity contribution in [2.75, 3.05) is 5.73 Å². The van der Waals surface area contributed by atoms with Crippen LogP contribution in [0.15, 0.2) is 36.8 Å². The zero-order valence-corrected chi connectivity index (χ0v) is 7.88. The molecule has 0 unspecified atom stereocenters. The molecule has 3 rings (SSSR count). The molecule has 1 aromatic carbocycles. The summed E-state index contributed by atoms with van der Waals surface area (Å²) in [6.07, 6.45) is 5.32. The summed E-state index contributed by atoms with van der Waals surface area (Å²) < 4.78 is 1.73. The van der Waals surface area contributed by atoms with E-state index in [4.69, 9.17) is 5.73 Å². The van der Waals surface area contributed by atoms with Crippen LogP contribution in [0.5, 0.6) is 0 Å². The van der Waals surface area contributed by atoms with Gasteiger partial charge in [0, 0.05) is 17.8 Å². The van der Waals surface area contributed by atoms with Crippen molar-refractivity contribution < 1.29 is 0 Å². The van der Waals surface area contributed by atoms with Crippen molar-refractivity contribution in [2.24, 2.45) is 0 Å². The van der Waals surface area contributed by atoms with Gasteiger partial charge in [0.15, 0.2) is 0 Å². The van der Waals surface area contributed by atoms with Gasteiger partial charge in [-0.2, -0.15) is 10.2 Å². The van der Waals surface area contributed by atoms with Gasteiger partial charge in [-0.3, -0.25) is 5.10 Å². The number of nitrogen functional groups attached to an aromatic ring is 1. The van der Waals surface area contributed by atoms with E-state index in [1.54, 1.807) is 17.1 Å². The molecule has 2 aromatic heterocycles. The lowest BCUT2D eigenvalue weighted by atomic mass is 10.2. The van der Waals surface area contributed by atoms with Gasteiger partial charge < -0.3 is 5.73 Å². The number of nitrogens with one attached hydrogen (secondary N) is 1. The maximum Gasteiger partial charge on any atom is 0.0896 e. The summed E-state index contributed by atoms with van der Waals surface area (Å²) in [5.74, 6) is 0. The number of nitrogens with two attached hydrogens (primary N) is 1. The standard InChI is InChI=1S/C10H9N5/c11-8-4-7-6-12-14-9(7)5-10(8)15-3-1-2-13-15/h1-6H,11H2,(H,12,14). The number of aromatic nitrogens is 4. The quantitative estimate of drug-likeness (QED) is 0.581. The van der Waals surface area contributed by atoms with Crippen molar-refractivity contribution in [3.8, 4) is 5.69 Å². The van der Waals surface area contributed by atoms with E-state index in [0.29, 0.717) is 5.69 Å². The van der Waals surface area contributed by atoms with Crippen LogP contribution in [0.3, 0.4) is 0 Å². The van der Waals surface area contributed by atoms with Crippen LogP contribution in [-0.4, -0.2) is 20.0 Å². The highest BCUT2D eigenvalue weighted by atomic mass is 15.3. The molecule has 0 aliphatic heterocycles. The number of rotatable bonds is 1. The van der Waals surface area contributed by atoms with E-state index in [2.05, 4.69) is 15.3 Å². The minimum Gasteiger partial charge on any atom is -0.397 e. The van der Waals surface area contributed by atoms with Gasteiger partial charge in [0.05, 0.1) is 23.1 Å². The topological polar surface area (TPSA) is 72.5 Å². The van der Waals surface area contributed by atoms with E-state index in [1.807, 2.05) is 24.4 Å². The fraction of sp³-hybridized carbons (Fsp3) is 0. The Morgan fingerprint density at radius 3 is 3.07 bits per heavy atom. The van der Waals surface area contributed by atoms with Crippen LogP contribution in [0, 0.1) is 0 Å². The molecule has 0 saturated heterocycles. The summed E-state index contributed by atoms with van der Waals surface area (Å²) in [6.45, 7) is 0. The molecule has 0 bridgehead atoms. The monoisotopic (exact) mass is 199 g/mol. The molecule has 5 heteroatoms. The molecule has 0 radical (unpaired) electrons. The highest BCUT2D eigenvalue weighted by molar-refractivity contribution is 5.85. The van der Waals surface area contributed by atoms with Gasteiger partial charge in [0.1, 0.15) is 0 Å². The number of benzene rings is 1. The van der Waals surface area contributed by atoms with E-state index in [9.17, 15) is 0 Å². The van der Waals surface area contributed by atoms with Gasteiger partial charge in [-0.1, -0.05) is 0 Å². The number of fused-ring (bicyclic) bond motifs is 1. The van der Waals surface area contributed by atoms with E-state index >= 15 is 0 Å². The summed E-state index contributed by atoms with van der Waals surface area (Å²) in [4.78, 5) is 0. The van der Waals surface area contributed by atoms with Crippen LogP contribution in [0.1, 0.15) is 0 Å². The third kappa shape index (κ3) is 1.17. The number of nitrogens with zero attached hydrogens (tertiary/aromatic N) is 3. The Kier molecular flexibility index (Phi) is 1.53. The van der Waals surface area contributed by atoms with Crippen molar-refractivity contribution >= 4 is 16.6 Å². The first-order chi connectivity index (χ1) is 7.34. The predicted molar refractivity (Wildman–Crippen MR) is 57.6 cm³/mol. The highest BCUT2D eigenvalue weighted by Gasteiger charge is 2.05. The molecule has 74 valence electrons. The summed E-state index contributed by atoms with van der Waals surface area (Å²) in [7, 11) is 0. The minimum atomic E-state index is 0.688. The van der Waals surface area contributed by atoms with Crippen molar-refractivity contribution in [3.63, 3.8) is 0 Å². The van der Waals surface area contributed by atoms with E-state index < -0.39 is 0 Å². The Balaban J connectivity index is 2.30. The predicted octanol–water partition coefficient (Wildman–Crippen LogP) is 1.33. The number of hydrogen-bond donors (Lipinski definition) is 2. The normalized spacial score (nSPS) is 10.9. The second-order valence-corrected chi connectivity index (χ2v) is 3.32. The Hall–Kier alpha value is -2.30. The average molecular weight is 199 g/mol. The summed E-state index contributed by atoms with van der Waals surface area (Å²) in [5, 5.41) is 12.0. The lowest BCUT2D eigenvalue weighted by molar-refractivity contribution is 0.884. The second kappa shape index (κ2) is 2.84. The highest BCUT2D eigenvalue weighted by Crippen LogP contribution is 2.22. The maximum atomic E-state index is 5.93. The van der Waals surface area contributed by atoms with Gasteiger partial charge in [-0.05, 0) is 18.2 Å². The molecule has 0 amide bonds. The van der Waals surface area contributed by atoms with Crippen LogP contribution >= 0.6 is 0 Å². The van der Waals surface area contributed by atoms with Gasteiger partial charge in [-0.25, -0.2) is 4.68 Å². The molecule has 5 nitrogen and oxygen atoms in total. The Morgan fingerprint density at radius 1 is 1.33 bits per heavy atom. The SMILES string of the molecule is Nc1cc2cn[nH]c2cc1-n1cccn1. The van der Waals surface area contributed by atoms with Gasteiger partial charge in [-0.15, -0.1) is 0 Å². The van der Waals surface area contributed by atoms with Crippen LogP contribution in [0.4, 0.5) is 5.69 Å². The van der Waals surface area contributed by atoms with Crippen LogP contribution in [0.25, 0.3) is 16.6 Å². The summed E-state index contributed by atoms with van der Waals surface area (Å²) in [6, 6.07) is 5.68. The fourth-order valence-electron chi connectivity index (χ4n) is 1.61. The second-order valence-electron chi connectivity index (χ2n) is 3.32. The van der Waals surface area contributed by atoms with E-state index in [-0.39, 0.29) is 0 Å². The van der Waals surface area contributed by atoms with Crippen molar-refractivity contribution in [1.82, 2.24) is 20.0 Å². The Bertz CT molecular complexity index is 593. The fourth-order valence-corrected chi connectivity index (χ4v) is 1.61. The van der Waals surface area contributed by atoms with E-state index in [0.717, 1.165) is 16.6 Å². The molecule has 3 aromatic rings. The average Bonchev–Trinajstić information content (AvgIpc) is 2.85. The van der Waals surface area contributed by atoms with E-state index in [1.165, 1.54) is 0 Å². The zero-order valence-electron chi connectivity index (χ0n) is 7.88. The summed E-state index contributed by atoms with van der Waals surface area (Å²) >= 11 is 0. The lowest BCUT2D eigenvalue weighted by Crippen LogP contribution is -1.99. The van der Waals surface area contributed by atoms with Crippen LogP contribution < -0.4 is 5.73 Å². The number of anilines is 1. The lowest BCUT2D eigenvalue weighted by Gasteiger charge is -2.05. The zero-order chi connectivity index (χ0) is 10.3. The molecule has 15 heavy (non-hydrogen) atoms. The molecule has 0 atom stereocenters. The third-order valence-corrected chi connectivity index (χ3v) is 2.34. The largest absolute Gasteiger partial charge is 0.397 e. The van der Waals surface area contributed by atoms with Crippen molar-refractivity contribution in [2.45, 2.75) is 0 Å². The van der Waals surface area contributed by atoms with Gasteiger partial charge in [0.25, 0.3) is 0 Å². The number of hydrogen-bond acceptors (Lipinski definition) is 3. The first kappa shape index (κ1) is 8.05. The number of aromatic amines is 1. The molecule has 0 aliphatic carbocycles. The van der Waals surface area contributed by atoms with Crippen LogP contribution in [0.2, 0.25) is 0 Å². The summed E-state index contributed by atoms with van der Waals surface area (Å²) in [5.41, 5.74) is 8.43. The van der Waals surface area contributed by atoms with Crippen molar-refractivity contribution in [1.29, 1.82) is 0 Å². The number of H-pyrrole nitrogens is 1. The first-order valence-corrected chi connectivity index (χ1v) is 4.57. The molecule has 0 spiro atoms. The Morgan fingerprint density at radius 2 is 2.27 bits per heavy atom. The molecule has 3 N–H and O–H groups in total. The molecular formula is C10H9N5. The van der Waals surface area contributed by atoms with Crippen LogP contribution in [-0.2, 0) is 0 Å². The first-order valence-electron chi connectivity index (χ1n) is 4.57. The minimum absolute atomic E-state index is 0.688. The molecule has 0 saturated carbocycles.